The number of hydrogen-bond donors (Lipinski definition) is 0. The fraction of sp³-hybridized carbons (Fsp3) is 0.702. The van der Waals surface area contributed by atoms with Crippen molar-refractivity contribution in [3.63, 3.8) is 0 Å². The van der Waals surface area contributed by atoms with E-state index in [0.717, 1.165) is 37.1 Å². The van der Waals surface area contributed by atoms with E-state index >= 15 is 0 Å². The zero-order valence-corrected chi connectivity index (χ0v) is 33.0. The molecule has 0 saturated heterocycles. The molecule has 49 heavy (non-hydrogen) atoms. The van der Waals surface area contributed by atoms with Gasteiger partial charge in [-0.3, -0.25) is 9.98 Å². The van der Waals surface area contributed by atoms with E-state index in [4.69, 9.17) is 9.98 Å². The lowest BCUT2D eigenvalue weighted by molar-refractivity contribution is 0.565. The largest absolute Gasteiger partial charge is 0.252 e. The third-order valence-corrected chi connectivity index (χ3v) is 10.1. The Morgan fingerprint density at radius 3 is 1.06 bits per heavy atom. The van der Waals surface area contributed by atoms with Gasteiger partial charge < -0.3 is 0 Å². The maximum absolute atomic E-state index is 5.40. The van der Waals surface area contributed by atoms with E-state index in [9.17, 15) is 0 Å². The molecule has 0 heterocycles. The van der Waals surface area contributed by atoms with Gasteiger partial charge in [0.15, 0.2) is 0 Å². The van der Waals surface area contributed by atoms with Crippen molar-refractivity contribution in [2.24, 2.45) is 9.98 Å². The van der Waals surface area contributed by atoms with E-state index in [1.165, 1.54) is 183 Å². The van der Waals surface area contributed by atoms with Gasteiger partial charge in [0.1, 0.15) is 0 Å². The molecule has 0 aromatic heterocycles. The van der Waals surface area contributed by atoms with Crippen molar-refractivity contribution in [3.05, 3.63) is 59.7 Å². The van der Waals surface area contributed by atoms with Crippen LogP contribution >= 0.6 is 0 Å². The second-order valence-electron chi connectivity index (χ2n) is 14.9. The third-order valence-electron chi connectivity index (χ3n) is 10.1. The van der Waals surface area contributed by atoms with Crippen LogP contribution in [0.1, 0.15) is 212 Å². The van der Waals surface area contributed by atoms with E-state index in [2.05, 4.69) is 76.2 Å². The first-order valence-electron chi connectivity index (χ1n) is 21.5. The van der Waals surface area contributed by atoms with Crippen LogP contribution in [-0.4, -0.2) is 11.4 Å². The maximum atomic E-state index is 5.40. The Kier molecular flexibility index (Phi) is 26.8. The molecule has 0 radical (unpaired) electrons. The molecule has 0 N–H and O–H groups in total. The van der Waals surface area contributed by atoms with Crippen molar-refractivity contribution < 1.29 is 0 Å². The Balaban J connectivity index is 2.10. The summed E-state index contributed by atoms with van der Waals surface area (Å²) in [7, 11) is 0. The van der Waals surface area contributed by atoms with Gasteiger partial charge >= 0.3 is 0 Å². The smallest absolute Gasteiger partial charge is 0.0636 e. The highest BCUT2D eigenvalue weighted by Gasteiger charge is 2.12. The molecule has 0 atom stereocenters. The zero-order valence-electron chi connectivity index (χ0n) is 33.0. The van der Waals surface area contributed by atoms with Gasteiger partial charge in [0.05, 0.1) is 22.8 Å². The van der Waals surface area contributed by atoms with Gasteiger partial charge in [-0.1, -0.05) is 187 Å². The molecular weight excluding hydrogens is 593 g/mol. The maximum Gasteiger partial charge on any atom is 0.0636 e. The average Bonchev–Trinajstić information content (AvgIpc) is 3.11. The molecule has 276 valence electrons. The highest BCUT2D eigenvalue weighted by atomic mass is 14.8. The lowest BCUT2D eigenvalue weighted by Crippen LogP contribution is -2.14. The predicted octanol–water partition coefficient (Wildman–Crippen LogP) is 16.2. The predicted molar refractivity (Wildman–Crippen MR) is 222 cm³/mol. The summed E-state index contributed by atoms with van der Waals surface area (Å²) < 4.78 is 0. The molecule has 2 aromatic carbocycles. The van der Waals surface area contributed by atoms with Gasteiger partial charge in [-0.15, -0.1) is 0 Å². The first kappa shape index (κ1) is 42.9. The van der Waals surface area contributed by atoms with Crippen molar-refractivity contribution in [1.82, 2.24) is 0 Å². The van der Waals surface area contributed by atoms with Gasteiger partial charge in [-0.05, 0) is 86.8 Å². The van der Waals surface area contributed by atoms with Crippen LogP contribution in [-0.2, 0) is 12.8 Å². The van der Waals surface area contributed by atoms with Crippen LogP contribution in [0.25, 0.3) is 0 Å². The number of aryl methyl sites for hydroxylation is 2. The Hall–Kier alpha value is -2.22. The standard InChI is InChI=1S/C47H78N2/c1-5-9-13-16-18-20-22-24-27-32-42-34-30-36-44(40-42)48-46(38-26-12-8-4)47(39-29-15-11-7-3)49-45-37-31-35-43(41-45)33-28-25-23-21-19-17-14-10-6-2/h30-31,34-37,40-41H,5-29,32-33,38-39H2,1-4H3. The van der Waals surface area contributed by atoms with Crippen molar-refractivity contribution in [2.75, 3.05) is 0 Å². The van der Waals surface area contributed by atoms with Crippen LogP contribution in [0, 0.1) is 0 Å². The summed E-state index contributed by atoms with van der Waals surface area (Å²) in [6, 6.07) is 18.2. The van der Waals surface area contributed by atoms with E-state index in [-0.39, 0.29) is 0 Å². The van der Waals surface area contributed by atoms with Gasteiger partial charge in [0.25, 0.3) is 0 Å². The molecule has 0 aliphatic carbocycles. The summed E-state index contributed by atoms with van der Waals surface area (Å²) in [5, 5.41) is 0. The molecule has 0 amide bonds. The van der Waals surface area contributed by atoms with Gasteiger partial charge in [0, 0.05) is 0 Å². The number of hydrogen-bond acceptors (Lipinski definition) is 2. The minimum atomic E-state index is 1.01. The zero-order chi connectivity index (χ0) is 35.0. The molecule has 0 bridgehead atoms. The molecule has 0 unspecified atom stereocenters. The Morgan fingerprint density at radius 2 is 0.673 bits per heavy atom. The van der Waals surface area contributed by atoms with E-state index in [0.29, 0.717) is 0 Å². The second kappa shape index (κ2) is 30.6. The molecule has 2 rings (SSSR count). The molecule has 0 saturated carbocycles. The van der Waals surface area contributed by atoms with Crippen molar-refractivity contribution in [2.45, 2.75) is 214 Å². The normalized spacial score (nSPS) is 12.2. The van der Waals surface area contributed by atoms with Crippen LogP contribution in [0.15, 0.2) is 58.5 Å². The summed E-state index contributed by atoms with van der Waals surface area (Å²) in [5.74, 6) is 0. The van der Waals surface area contributed by atoms with Crippen LogP contribution < -0.4 is 0 Å². The minimum Gasteiger partial charge on any atom is -0.252 e. The summed E-state index contributed by atoms with van der Waals surface area (Å²) in [4.78, 5) is 10.8. The molecule has 0 aliphatic rings. The average molecular weight is 671 g/mol. The molecule has 2 nitrogen and oxygen atoms in total. The number of benzene rings is 2. The monoisotopic (exact) mass is 671 g/mol. The van der Waals surface area contributed by atoms with Gasteiger partial charge in [-0.25, -0.2) is 0 Å². The summed E-state index contributed by atoms with van der Waals surface area (Å²) in [6.45, 7) is 9.19. The molecule has 0 aliphatic heterocycles. The van der Waals surface area contributed by atoms with Crippen LogP contribution in [0.2, 0.25) is 0 Å². The Labute approximate surface area is 305 Å². The van der Waals surface area contributed by atoms with E-state index < -0.39 is 0 Å². The van der Waals surface area contributed by atoms with Crippen molar-refractivity contribution >= 4 is 22.8 Å². The quantitative estimate of drug-likeness (QED) is 0.0547. The number of nitrogens with zero attached hydrogens (tertiary/aromatic N) is 2. The topological polar surface area (TPSA) is 24.7 Å². The Morgan fingerprint density at radius 1 is 0.367 bits per heavy atom. The SMILES string of the molecule is CCCCCCCCCCCc1cccc(N=C(CCCCC)C(CCCCCC)=Nc2cccc(CCCCCCCCCCC)c2)c1. The second-order valence-corrected chi connectivity index (χ2v) is 14.9. The lowest BCUT2D eigenvalue weighted by Gasteiger charge is -2.13. The first-order valence-corrected chi connectivity index (χ1v) is 21.5. The lowest BCUT2D eigenvalue weighted by atomic mass is 10.0. The third kappa shape index (κ3) is 22.3. The fourth-order valence-electron chi connectivity index (χ4n) is 6.95. The Bertz CT molecular complexity index is 1110. The summed E-state index contributed by atoms with van der Waals surface area (Å²) in [5.41, 5.74) is 7.53. The van der Waals surface area contributed by atoms with Gasteiger partial charge in [0.2, 0.25) is 0 Å². The van der Waals surface area contributed by atoms with E-state index in [1.807, 2.05) is 0 Å². The van der Waals surface area contributed by atoms with E-state index in [1.54, 1.807) is 0 Å². The number of aliphatic imine (C=N–C) groups is 2. The highest BCUT2D eigenvalue weighted by molar-refractivity contribution is 6.43. The highest BCUT2D eigenvalue weighted by Crippen LogP contribution is 2.23. The van der Waals surface area contributed by atoms with Crippen LogP contribution in [0.3, 0.4) is 0 Å². The molecule has 0 spiro atoms. The number of unbranched alkanes of at least 4 members (excludes halogenated alkanes) is 21. The molecule has 0 fully saturated rings. The summed E-state index contributed by atoms with van der Waals surface area (Å²) >= 11 is 0. The van der Waals surface area contributed by atoms with Crippen molar-refractivity contribution in [1.29, 1.82) is 0 Å². The van der Waals surface area contributed by atoms with Crippen molar-refractivity contribution in [3.8, 4) is 0 Å². The van der Waals surface area contributed by atoms with Crippen LogP contribution in [0.4, 0.5) is 11.4 Å². The summed E-state index contributed by atoms with van der Waals surface area (Å²) in [6.07, 6.45) is 37.8. The first-order chi connectivity index (χ1) is 24.2. The number of rotatable bonds is 32. The molecular formula is C47H78N2. The van der Waals surface area contributed by atoms with Crippen LogP contribution in [0.5, 0.6) is 0 Å². The molecule has 2 heteroatoms. The minimum absolute atomic E-state index is 1.01. The van der Waals surface area contributed by atoms with Gasteiger partial charge in [-0.2, -0.15) is 0 Å². The molecule has 2 aromatic rings. The fourth-order valence-corrected chi connectivity index (χ4v) is 6.95.